The Morgan fingerprint density at radius 1 is 1.33 bits per heavy atom. The van der Waals surface area contributed by atoms with Crippen molar-refractivity contribution < 1.29 is 9.18 Å². The van der Waals surface area contributed by atoms with Crippen LogP contribution in [0.5, 0.6) is 0 Å². The fourth-order valence-electron chi connectivity index (χ4n) is 2.16. The summed E-state index contributed by atoms with van der Waals surface area (Å²) < 4.78 is 13.3. The number of hydrogen-bond acceptors (Lipinski definition) is 1. The zero-order valence-electron chi connectivity index (χ0n) is 8.92. The second-order valence-corrected chi connectivity index (χ2v) is 4.27. The maximum Gasteiger partial charge on any atom is 0.140 e. The van der Waals surface area contributed by atoms with E-state index in [1.54, 1.807) is 13.0 Å². The van der Waals surface area contributed by atoms with Crippen LogP contribution < -0.4 is 0 Å². The largest absolute Gasteiger partial charge is 0.299 e. The first-order valence-corrected chi connectivity index (χ1v) is 5.47. The molecule has 1 saturated carbocycles. The zero-order chi connectivity index (χ0) is 10.8. The van der Waals surface area contributed by atoms with Gasteiger partial charge in [-0.05, 0) is 37.0 Å². The van der Waals surface area contributed by atoms with E-state index in [4.69, 9.17) is 0 Å². The summed E-state index contributed by atoms with van der Waals surface area (Å²) >= 11 is 0. The Hall–Kier alpha value is -1.18. The monoisotopic (exact) mass is 206 g/mol. The predicted octanol–water partition coefficient (Wildman–Crippen LogP) is 3.36. The topological polar surface area (TPSA) is 17.1 Å². The van der Waals surface area contributed by atoms with Gasteiger partial charge in [0.2, 0.25) is 0 Å². The third-order valence-electron chi connectivity index (χ3n) is 3.15. The van der Waals surface area contributed by atoms with Gasteiger partial charge in [0.1, 0.15) is 11.6 Å². The van der Waals surface area contributed by atoms with Gasteiger partial charge in [-0.2, -0.15) is 0 Å². The minimum atomic E-state index is -0.203. The Kier molecular flexibility index (Phi) is 2.85. The van der Waals surface area contributed by atoms with Gasteiger partial charge in [-0.1, -0.05) is 18.6 Å². The van der Waals surface area contributed by atoms with E-state index in [1.165, 1.54) is 6.07 Å². The molecule has 0 amide bonds. The second-order valence-electron chi connectivity index (χ2n) is 4.27. The van der Waals surface area contributed by atoms with E-state index >= 15 is 0 Å². The molecule has 1 fully saturated rings. The fraction of sp³-hybridized carbons (Fsp3) is 0.462. The number of rotatable bonds is 1. The van der Waals surface area contributed by atoms with E-state index in [2.05, 4.69) is 0 Å². The predicted molar refractivity (Wildman–Crippen MR) is 57.4 cm³/mol. The lowest BCUT2D eigenvalue weighted by Gasteiger charge is -2.20. The molecule has 1 aliphatic carbocycles. The van der Waals surface area contributed by atoms with Gasteiger partial charge in [0, 0.05) is 12.3 Å². The van der Waals surface area contributed by atoms with Crippen molar-refractivity contribution >= 4 is 5.78 Å². The fourth-order valence-corrected chi connectivity index (χ4v) is 2.16. The number of aryl methyl sites for hydroxylation is 1. The molecule has 0 saturated heterocycles. The molecule has 1 aromatic rings. The molecule has 0 spiro atoms. The molecule has 0 bridgehead atoms. The summed E-state index contributed by atoms with van der Waals surface area (Å²) in [6.45, 7) is 1.74. The molecule has 2 heteroatoms. The molecule has 0 radical (unpaired) electrons. The van der Waals surface area contributed by atoms with Crippen molar-refractivity contribution in [3.63, 3.8) is 0 Å². The smallest absolute Gasteiger partial charge is 0.140 e. The average molecular weight is 206 g/mol. The van der Waals surface area contributed by atoms with Crippen LogP contribution in [0.3, 0.4) is 0 Å². The highest BCUT2D eigenvalue weighted by molar-refractivity contribution is 5.86. The van der Waals surface area contributed by atoms with Crippen LogP contribution in [-0.2, 0) is 4.79 Å². The van der Waals surface area contributed by atoms with Gasteiger partial charge in [-0.25, -0.2) is 4.39 Å². The van der Waals surface area contributed by atoms with Crippen LogP contribution in [0, 0.1) is 12.7 Å². The summed E-state index contributed by atoms with van der Waals surface area (Å²) in [5.74, 6) is 0.00391. The lowest BCUT2D eigenvalue weighted by atomic mass is 9.83. The standard InChI is InChI=1S/C13H15FO/c1-9-6-7-10(8-12(9)14)11-4-2-3-5-13(11)15/h6-8,11H,2-5H2,1H3/t11-/m0/s1. The number of halogens is 1. The van der Waals surface area contributed by atoms with Crippen LogP contribution in [-0.4, -0.2) is 5.78 Å². The summed E-state index contributed by atoms with van der Waals surface area (Å²) in [4.78, 5) is 11.7. The molecule has 0 heterocycles. The minimum absolute atomic E-state index is 0.0613. The van der Waals surface area contributed by atoms with Crippen molar-refractivity contribution in [2.45, 2.75) is 38.5 Å². The van der Waals surface area contributed by atoms with E-state index in [1.807, 2.05) is 6.07 Å². The van der Waals surface area contributed by atoms with Gasteiger partial charge < -0.3 is 0 Å². The Morgan fingerprint density at radius 2 is 2.13 bits per heavy atom. The lowest BCUT2D eigenvalue weighted by molar-refractivity contribution is -0.121. The molecule has 0 N–H and O–H groups in total. The molecule has 1 aliphatic rings. The summed E-state index contributed by atoms with van der Waals surface area (Å²) in [6, 6.07) is 5.15. The summed E-state index contributed by atoms with van der Waals surface area (Å²) in [5, 5.41) is 0. The van der Waals surface area contributed by atoms with E-state index in [0.717, 1.165) is 24.8 Å². The normalized spacial score (nSPS) is 21.7. The van der Waals surface area contributed by atoms with Crippen molar-refractivity contribution in [3.8, 4) is 0 Å². The van der Waals surface area contributed by atoms with Gasteiger partial charge >= 0.3 is 0 Å². The molecule has 2 rings (SSSR count). The van der Waals surface area contributed by atoms with Crippen molar-refractivity contribution in [1.82, 2.24) is 0 Å². The van der Waals surface area contributed by atoms with Gasteiger partial charge in [0.15, 0.2) is 0 Å². The number of carbonyl (C=O) groups excluding carboxylic acids is 1. The maximum atomic E-state index is 13.3. The number of hydrogen-bond donors (Lipinski definition) is 0. The number of benzene rings is 1. The third kappa shape index (κ3) is 2.09. The number of Topliss-reactive ketones (excluding diaryl/α,β-unsaturated/α-hetero) is 1. The summed E-state index contributed by atoms with van der Waals surface area (Å²) in [5.41, 5.74) is 1.49. The SMILES string of the molecule is Cc1ccc([C@@H]2CCCCC2=O)cc1F. The molecule has 80 valence electrons. The molecule has 1 nitrogen and oxygen atoms in total. The van der Waals surface area contributed by atoms with E-state index in [-0.39, 0.29) is 17.5 Å². The molecule has 1 aromatic carbocycles. The Bertz CT molecular complexity index is 384. The quantitative estimate of drug-likeness (QED) is 0.688. The molecule has 0 unspecified atom stereocenters. The van der Waals surface area contributed by atoms with Crippen molar-refractivity contribution in [2.24, 2.45) is 0 Å². The lowest BCUT2D eigenvalue weighted by Crippen LogP contribution is -2.17. The highest BCUT2D eigenvalue weighted by Crippen LogP contribution is 2.30. The molecular formula is C13H15FO. The first kappa shape index (κ1) is 10.3. The molecule has 1 atom stereocenters. The van der Waals surface area contributed by atoms with E-state index in [0.29, 0.717) is 12.0 Å². The van der Waals surface area contributed by atoms with Gasteiger partial charge in [0.05, 0.1) is 0 Å². The van der Waals surface area contributed by atoms with Crippen LogP contribution in [0.1, 0.15) is 42.7 Å². The van der Waals surface area contributed by atoms with Crippen LogP contribution in [0.25, 0.3) is 0 Å². The molecule has 15 heavy (non-hydrogen) atoms. The van der Waals surface area contributed by atoms with Crippen LogP contribution in [0.4, 0.5) is 4.39 Å². The number of carbonyl (C=O) groups is 1. The van der Waals surface area contributed by atoms with E-state index in [9.17, 15) is 9.18 Å². The molecule has 0 aliphatic heterocycles. The van der Waals surface area contributed by atoms with Crippen LogP contribution >= 0.6 is 0 Å². The first-order chi connectivity index (χ1) is 7.18. The zero-order valence-corrected chi connectivity index (χ0v) is 8.92. The second kappa shape index (κ2) is 4.13. The van der Waals surface area contributed by atoms with Crippen LogP contribution in [0.2, 0.25) is 0 Å². The average Bonchev–Trinajstić information content (AvgIpc) is 2.23. The number of ketones is 1. The van der Waals surface area contributed by atoms with Crippen LogP contribution in [0.15, 0.2) is 18.2 Å². The van der Waals surface area contributed by atoms with E-state index < -0.39 is 0 Å². The molecule has 0 aromatic heterocycles. The minimum Gasteiger partial charge on any atom is -0.299 e. The third-order valence-corrected chi connectivity index (χ3v) is 3.15. The molecular weight excluding hydrogens is 191 g/mol. The van der Waals surface area contributed by atoms with Gasteiger partial charge in [-0.3, -0.25) is 4.79 Å². The Morgan fingerprint density at radius 3 is 2.80 bits per heavy atom. The Labute approximate surface area is 89.3 Å². The van der Waals surface area contributed by atoms with Crippen molar-refractivity contribution in [3.05, 3.63) is 35.1 Å². The van der Waals surface area contributed by atoms with Crippen molar-refractivity contribution in [1.29, 1.82) is 0 Å². The van der Waals surface area contributed by atoms with Crippen molar-refractivity contribution in [2.75, 3.05) is 0 Å². The maximum absolute atomic E-state index is 13.3. The summed E-state index contributed by atoms with van der Waals surface area (Å²) in [7, 11) is 0. The first-order valence-electron chi connectivity index (χ1n) is 5.47. The summed E-state index contributed by atoms with van der Waals surface area (Å²) in [6.07, 6.45) is 3.59. The Balaban J connectivity index is 2.28. The van der Waals surface area contributed by atoms with Gasteiger partial charge in [-0.15, -0.1) is 0 Å². The van der Waals surface area contributed by atoms with Gasteiger partial charge in [0.25, 0.3) is 0 Å². The highest BCUT2D eigenvalue weighted by Gasteiger charge is 2.24. The highest BCUT2D eigenvalue weighted by atomic mass is 19.1.